The van der Waals surface area contributed by atoms with Gasteiger partial charge in [-0.15, -0.1) is 11.8 Å². The zero-order valence-corrected chi connectivity index (χ0v) is 7.41. The molecule has 0 rings (SSSR count). The van der Waals surface area contributed by atoms with Crippen LogP contribution in [-0.4, -0.2) is 20.0 Å². The average Bonchev–Trinajstić information content (AvgIpc) is 1.98. The molecule has 0 aromatic rings. The minimum atomic E-state index is 0.792. The molecule has 0 atom stereocenters. The molecule has 0 saturated heterocycles. The van der Waals surface area contributed by atoms with E-state index in [1.807, 2.05) is 12.2 Å². The molecule has 0 heterocycles. The van der Waals surface area contributed by atoms with Crippen molar-refractivity contribution >= 4 is 11.8 Å². The van der Waals surface area contributed by atoms with Crippen molar-refractivity contribution in [3.8, 4) is 0 Å². The van der Waals surface area contributed by atoms with Gasteiger partial charge in [-0.2, -0.15) is 0 Å². The maximum absolute atomic E-state index is 4.93. The van der Waals surface area contributed by atoms with Crippen molar-refractivity contribution in [3.05, 3.63) is 23.6 Å². The Hall–Kier alpha value is -0.210. The highest BCUT2D eigenvalue weighted by molar-refractivity contribution is 8.02. The molecule has 0 amide bonds. The first-order valence-corrected chi connectivity index (χ1v) is 4.42. The number of methoxy groups -OCH3 is 1. The van der Waals surface area contributed by atoms with Gasteiger partial charge in [0.1, 0.15) is 0 Å². The Balaban J connectivity index is 3.59. The van der Waals surface area contributed by atoms with Gasteiger partial charge in [0.25, 0.3) is 0 Å². The second-order valence-corrected chi connectivity index (χ2v) is 2.75. The predicted octanol–water partition coefficient (Wildman–Crippen LogP) is 2.46. The highest BCUT2D eigenvalue weighted by Crippen LogP contribution is 2.15. The summed E-state index contributed by atoms with van der Waals surface area (Å²) in [6.45, 7) is 4.42. The Bertz CT molecular complexity index is 118. The van der Waals surface area contributed by atoms with E-state index in [2.05, 4.69) is 12.8 Å². The van der Waals surface area contributed by atoms with Crippen LogP contribution in [0.25, 0.3) is 0 Å². The quantitative estimate of drug-likeness (QED) is 0.568. The number of rotatable bonds is 5. The average molecular weight is 158 g/mol. The molecule has 0 aromatic carbocycles. The molecule has 0 radical (unpaired) electrons. The molecular formula is C8H14OS. The van der Waals surface area contributed by atoms with Gasteiger partial charge < -0.3 is 4.74 Å². The summed E-state index contributed by atoms with van der Waals surface area (Å²) >= 11 is 1.74. The second kappa shape index (κ2) is 6.90. The number of thioether (sulfide) groups is 1. The lowest BCUT2D eigenvalue weighted by atomic mass is 10.4. The third-order valence-corrected chi connectivity index (χ3v) is 1.98. The summed E-state index contributed by atoms with van der Waals surface area (Å²) in [7, 11) is 1.71. The first-order chi connectivity index (χ1) is 4.85. The maximum atomic E-state index is 4.93. The fraction of sp³-hybridized carbons (Fsp3) is 0.500. The topological polar surface area (TPSA) is 9.23 Å². The summed E-state index contributed by atoms with van der Waals surface area (Å²) in [4.78, 5) is 1.32. The van der Waals surface area contributed by atoms with E-state index in [0.717, 1.165) is 13.0 Å². The van der Waals surface area contributed by atoms with Crippen LogP contribution in [0.5, 0.6) is 0 Å². The monoisotopic (exact) mass is 158 g/mol. The Morgan fingerprint density at radius 1 is 1.70 bits per heavy atom. The zero-order valence-electron chi connectivity index (χ0n) is 6.59. The Morgan fingerprint density at radius 3 is 2.80 bits per heavy atom. The fourth-order valence-electron chi connectivity index (χ4n) is 0.588. The van der Waals surface area contributed by atoms with Gasteiger partial charge in [0, 0.05) is 13.5 Å². The molecule has 0 N–H and O–H groups in total. The third-order valence-electron chi connectivity index (χ3n) is 1.12. The molecule has 0 aliphatic heterocycles. The van der Waals surface area contributed by atoms with E-state index >= 15 is 0 Å². The van der Waals surface area contributed by atoms with Gasteiger partial charge in [-0.25, -0.2) is 0 Å². The van der Waals surface area contributed by atoms with E-state index in [1.54, 1.807) is 18.9 Å². The molecule has 0 aromatic heterocycles. The van der Waals surface area contributed by atoms with Crippen molar-refractivity contribution in [2.24, 2.45) is 0 Å². The van der Waals surface area contributed by atoms with Crippen LogP contribution in [0.2, 0.25) is 0 Å². The van der Waals surface area contributed by atoms with Gasteiger partial charge >= 0.3 is 0 Å². The van der Waals surface area contributed by atoms with Crippen LogP contribution in [0.4, 0.5) is 0 Å². The molecule has 0 fully saturated rings. The Morgan fingerprint density at radius 2 is 2.40 bits per heavy atom. The van der Waals surface area contributed by atoms with Gasteiger partial charge in [-0.05, 0) is 11.2 Å². The van der Waals surface area contributed by atoms with Gasteiger partial charge in [-0.1, -0.05) is 18.7 Å². The Labute approximate surface area is 67.2 Å². The second-order valence-electron chi connectivity index (χ2n) is 1.82. The fourth-order valence-corrected chi connectivity index (χ4v) is 1.11. The van der Waals surface area contributed by atoms with E-state index in [4.69, 9.17) is 4.74 Å². The number of ether oxygens (including phenoxy) is 1. The maximum Gasteiger partial charge on any atom is 0.0507 e. The van der Waals surface area contributed by atoms with Crippen LogP contribution in [0.15, 0.2) is 23.6 Å². The van der Waals surface area contributed by atoms with Gasteiger partial charge in [0.05, 0.1) is 6.61 Å². The van der Waals surface area contributed by atoms with E-state index in [-0.39, 0.29) is 0 Å². The highest BCUT2D eigenvalue weighted by Gasteiger charge is 1.91. The number of hydrogen-bond acceptors (Lipinski definition) is 2. The van der Waals surface area contributed by atoms with E-state index < -0.39 is 0 Å². The van der Waals surface area contributed by atoms with E-state index in [9.17, 15) is 0 Å². The van der Waals surface area contributed by atoms with Crippen molar-refractivity contribution in [2.45, 2.75) is 6.42 Å². The summed E-state index contributed by atoms with van der Waals surface area (Å²) in [5, 5.41) is 0. The van der Waals surface area contributed by atoms with Gasteiger partial charge in [0.15, 0.2) is 0 Å². The van der Waals surface area contributed by atoms with E-state index in [0.29, 0.717) is 0 Å². The summed E-state index contributed by atoms with van der Waals surface area (Å²) in [6, 6.07) is 0. The van der Waals surface area contributed by atoms with Crippen molar-refractivity contribution < 1.29 is 4.74 Å². The molecule has 0 saturated carbocycles. The van der Waals surface area contributed by atoms with Gasteiger partial charge in [0.2, 0.25) is 0 Å². The Kier molecular flexibility index (Phi) is 6.76. The summed E-state index contributed by atoms with van der Waals surface area (Å²) < 4.78 is 4.93. The molecule has 0 bridgehead atoms. The van der Waals surface area contributed by atoms with Crippen LogP contribution in [0, 0.1) is 0 Å². The first kappa shape index (κ1) is 9.79. The van der Waals surface area contributed by atoms with Crippen LogP contribution < -0.4 is 0 Å². The molecule has 0 aliphatic rings. The molecule has 2 heteroatoms. The lowest BCUT2D eigenvalue weighted by Crippen LogP contribution is -1.88. The molecule has 1 nitrogen and oxygen atoms in total. The molecule has 58 valence electrons. The summed E-state index contributed by atoms with van der Waals surface area (Å²) in [5.74, 6) is 0. The minimum Gasteiger partial charge on any atom is -0.384 e. The molecule has 0 spiro atoms. The SMILES string of the molecule is C=C/C=C(/CCOC)SC. The molecular weight excluding hydrogens is 144 g/mol. The number of allylic oxidation sites excluding steroid dienone is 2. The lowest BCUT2D eigenvalue weighted by Gasteiger charge is -2.00. The molecule has 0 unspecified atom stereocenters. The van der Waals surface area contributed by atoms with Crippen LogP contribution >= 0.6 is 11.8 Å². The number of hydrogen-bond donors (Lipinski definition) is 0. The predicted molar refractivity (Wildman–Crippen MR) is 48.3 cm³/mol. The molecule has 10 heavy (non-hydrogen) atoms. The summed E-state index contributed by atoms with van der Waals surface area (Å²) in [5.41, 5.74) is 0. The van der Waals surface area contributed by atoms with Crippen LogP contribution in [-0.2, 0) is 4.74 Å². The van der Waals surface area contributed by atoms with Crippen molar-refractivity contribution in [2.75, 3.05) is 20.0 Å². The van der Waals surface area contributed by atoms with Crippen molar-refractivity contribution in [3.63, 3.8) is 0 Å². The smallest absolute Gasteiger partial charge is 0.0507 e. The van der Waals surface area contributed by atoms with Crippen molar-refractivity contribution in [1.82, 2.24) is 0 Å². The first-order valence-electron chi connectivity index (χ1n) is 3.19. The zero-order chi connectivity index (χ0) is 7.82. The largest absolute Gasteiger partial charge is 0.384 e. The van der Waals surface area contributed by atoms with Crippen molar-refractivity contribution in [1.29, 1.82) is 0 Å². The van der Waals surface area contributed by atoms with Crippen LogP contribution in [0.3, 0.4) is 0 Å². The van der Waals surface area contributed by atoms with Crippen LogP contribution in [0.1, 0.15) is 6.42 Å². The highest BCUT2D eigenvalue weighted by atomic mass is 32.2. The van der Waals surface area contributed by atoms with E-state index in [1.165, 1.54) is 4.91 Å². The summed E-state index contributed by atoms with van der Waals surface area (Å²) in [6.07, 6.45) is 6.87. The standard InChI is InChI=1S/C8H14OS/c1-4-5-8(10-3)6-7-9-2/h4-5H,1,6-7H2,2-3H3/b8-5-. The lowest BCUT2D eigenvalue weighted by molar-refractivity contribution is 0.203. The normalized spacial score (nSPS) is 11.6. The molecule has 0 aliphatic carbocycles. The third kappa shape index (κ3) is 4.65. The minimum absolute atomic E-state index is 0.792. The van der Waals surface area contributed by atoms with Gasteiger partial charge in [-0.3, -0.25) is 0 Å².